The first-order chi connectivity index (χ1) is 18.0. The molecule has 1 aliphatic carbocycles. The number of halogens is 1. The molecule has 0 fully saturated rings. The van der Waals surface area contributed by atoms with Crippen molar-refractivity contribution in [2.75, 3.05) is 24.2 Å². The molecular weight excluding hydrogens is 507 g/mol. The molecule has 1 aliphatic rings. The molecule has 0 spiro atoms. The lowest BCUT2D eigenvalue weighted by Crippen LogP contribution is -2.42. The van der Waals surface area contributed by atoms with Gasteiger partial charge in [-0.2, -0.15) is 0 Å². The zero-order chi connectivity index (χ0) is 27.4. The lowest BCUT2D eigenvalue weighted by molar-refractivity contribution is -0.116. The van der Waals surface area contributed by atoms with Crippen LogP contribution in [0.25, 0.3) is 10.2 Å². The Bertz CT molecular complexity index is 1400. The number of likely N-dealkylation sites (N-methyl/N-ethyl adjacent to an activating group) is 1. The number of hydrogen-bond acceptors (Lipinski definition) is 8. The Morgan fingerprint density at radius 2 is 2.00 bits per heavy atom. The van der Waals surface area contributed by atoms with E-state index in [4.69, 9.17) is 0 Å². The lowest BCUT2D eigenvalue weighted by atomic mass is 9.92. The van der Waals surface area contributed by atoms with Gasteiger partial charge in [-0.3, -0.25) is 9.59 Å². The highest BCUT2D eigenvalue weighted by Gasteiger charge is 2.28. The zero-order valence-corrected chi connectivity index (χ0v) is 22.4. The van der Waals surface area contributed by atoms with E-state index in [1.807, 2.05) is 37.3 Å². The van der Waals surface area contributed by atoms with E-state index in [1.54, 1.807) is 24.7 Å². The van der Waals surface area contributed by atoms with Gasteiger partial charge in [-0.1, -0.05) is 25.2 Å². The van der Waals surface area contributed by atoms with Crippen molar-refractivity contribution in [2.45, 2.75) is 38.6 Å². The first kappa shape index (κ1) is 27.2. The third-order valence-electron chi connectivity index (χ3n) is 6.26. The highest BCUT2D eigenvalue weighted by Crippen LogP contribution is 2.28. The van der Waals surface area contributed by atoms with Crippen LogP contribution in [0.1, 0.15) is 31.1 Å². The average molecular weight is 539 g/mol. The SMILES string of the molecule is CNC(=O)C1=CC(C)C(Nc2cc(Nc3ccc4ncsc4c3)ncc2C(=O)NCC(F)C(C)(C)O)C=C1. The van der Waals surface area contributed by atoms with Crippen LogP contribution in [0.3, 0.4) is 0 Å². The molecule has 5 N–H and O–H groups in total. The van der Waals surface area contributed by atoms with Crippen LogP contribution in [0.5, 0.6) is 0 Å². The highest BCUT2D eigenvalue weighted by molar-refractivity contribution is 7.16. The third-order valence-corrected chi connectivity index (χ3v) is 7.06. The number of thiazole rings is 1. The van der Waals surface area contributed by atoms with E-state index in [0.29, 0.717) is 17.1 Å². The summed E-state index contributed by atoms with van der Waals surface area (Å²) in [6.07, 6.45) is 5.24. The zero-order valence-electron chi connectivity index (χ0n) is 21.6. The Morgan fingerprint density at radius 3 is 2.71 bits per heavy atom. The molecule has 2 amide bonds. The number of nitrogens with zero attached hydrogens (tertiary/aromatic N) is 2. The van der Waals surface area contributed by atoms with Gasteiger partial charge in [0.25, 0.3) is 11.8 Å². The van der Waals surface area contributed by atoms with Crippen molar-refractivity contribution >= 4 is 50.6 Å². The molecule has 3 aromatic rings. The van der Waals surface area contributed by atoms with E-state index < -0.39 is 17.7 Å². The van der Waals surface area contributed by atoms with E-state index >= 15 is 0 Å². The van der Waals surface area contributed by atoms with Gasteiger partial charge in [-0.15, -0.1) is 11.3 Å². The fourth-order valence-corrected chi connectivity index (χ4v) is 4.63. The Hall–Kier alpha value is -3.83. The van der Waals surface area contributed by atoms with Gasteiger partial charge in [0.05, 0.1) is 45.2 Å². The molecule has 4 rings (SSSR count). The number of benzene rings is 1. The van der Waals surface area contributed by atoms with Crippen LogP contribution in [0.2, 0.25) is 0 Å². The van der Waals surface area contributed by atoms with Crippen molar-refractivity contribution < 1.29 is 19.1 Å². The van der Waals surface area contributed by atoms with Gasteiger partial charge < -0.3 is 26.4 Å². The molecule has 0 saturated carbocycles. The molecule has 3 atom stereocenters. The predicted molar refractivity (Wildman–Crippen MR) is 149 cm³/mol. The number of pyridine rings is 1. The number of nitrogens with one attached hydrogen (secondary N) is 4. The maximum absolute atomic E-state index is 14.3. The first-order valence-corrected chi connectivity index (χ1v) is 13.1. The molecule has 200 valence electrons. The largest absolute Gasteiger partial charge is 0.387 e. The van der Waals surface area contributed by atoms with Crippen LogP contribution in [0, 0.1) is 5.92 Å². The fourth-order valence-electron chi connectivity index (χ4n) is 3.91. The summed E-state index contributed by atoms with van der Waals surface area (Å²) in [7, 11) is 1.58. The van der Waals surface area contributed by atoms with Gasteiger partial charge in [0.2, 0.25) is 0 Å². The van der Waals surface area contributed by atoms with E-state index in [9.17, 15) is 19.1 Å². The maximum Gasteiger partial charge on any atom is 0.255 e. The van der Waals surface area contributed by atoms with Gasteiger partial charge in [-0.05, 0) is 38.0 Å². The van der Waals surface area contributed by atoms with Gasteiger partial charge in [0.1, 0.15) is 12.0 Å². The maximum atomic E-state index is 14.3. The lowest BCUT2D eigenvalue weighted by Gasteiger charge is -2.26. The Balaban J connectivity index is 1.59. The summed E-state index contributed by atoms with van der Waals surface area (Å²) in [6.45, 7) is 4.31. The number of carbonyl (C=O) groups is 2. The second-order valence-electron chi connectivity index (χ2n) is 9.70. The van der Waals surface area contributed by atoms with Crippen molar-refractivity contribution in [1.29, 1.82) is 0 Å². The van der Waals surface area contributed by atoms with Crippen LogP contribution in [-0.2, 0) is 4.79 Å². The molecule has 1 aromatic carbocycles. The number of aliphatic hydroxyl groups is 1. The van der Waals surface area contributed by atoms with Gasteiger partial charge in [0.15, 0.2) is 0 Å². The van der Waals surface area contributed by atoms with Crippen LogP contribution in [-0.4, -0.2) is 58.3 Å². The number of fused-ring (bicyclic) bond motifs is 1. The van der Waals surface area contributed by atoms with Crippen molar-refractivity contribution in [3.63, 3.8) is 0 Å². The minimum atomic E-state index is -1.65. The molecule has 11 heteroatoms. The summed E-state index contributed by atoms with van der Waals surface area (Å²) in [4.78, 5) is 33.8. The smallest absolute Gasteiger partial charge is 0.255 e. The molecule has 0 radical (unpaired) electrons. The molecular formula is C27H31FN6O3S. The average Bonchev–Trinajstić information content (AvgIpc) is 3.35. The number of amides is 2. The van der Waals surface area contributed by atoms with Crippen molar-refractivity contribution in [3.8, 4) is 0 Å². The van der Waals surface area contributed by atoms with Gasteiger partial charge >= 0.3 is 0 Å². The number of hydrogen-bond donors (Lipinski definition) is 5. The quantitative estimate of drug-likeness (QED) is 0.279. The van der Waals surface area contributed by atoms with Crippen LogP contribution < -0.4 is 21.3 Å². The summed E-state index contributed by atoms with van der Waals surface area (Å²) >= 11 is 1.53. The van der Waals surface area contributed by atoms with Crippen LogP contribution >= 0.6 is 11.3 Å². The first-order valence-electron chi connectivity index (χ1n) is 12.2. The molecule has 2 aromatic heterocycles. The number of anilines is 3. The number of carbonyl (C=O) groups excluding carboxylic acids is 2. The molecule has 38 heavy (non-hydrogen) atoms. The Kier molecular flexibility index (Phi) is 8.08. The summed E-state index contributed by atoms with van der Waals surface area (Å²) < 4.78 is 15.3. The Labute approximate surface area is 224 Å². The van der Waals surface area contributed by atoms with Crippen molar-refractivity contribution in [3.05, 3.63) is 65.3 Å². The van der Waals surface area contributed by atoms with Gasteiger partial charge in [0, 0.05) is 30.6 Å². The second kappa shape index (κ2) is 11.3. The van der Waals surface area contributed by atoms with E-state index in [-0.39, 0.29) is 30.0 Å². The number of aromatic nitrogens is 2. The predicted octanol–water partition coefficient (Wildman–Crippen LogP) is 3.93. The summed E-state index contributed by atoms with van der Waals surface area (Å²) in [5.74, 6) is -0.264. The molecule has 3 unspecified atom stereocenters. The minimum absolute atomic E-state index is 0.0630. The highest BCUT2D eigenvalue weighted by atomic mass is 32.1. The molecule has 9 nitrogen and oxygen atoms in total. The van der Waals surface area contributed by atoms with Crippen molar-refractivity contribution in [2.24, 2.45) is 5.92 Å². The topological polar surface area (TPSA) is 128 Å². The molecule has 0 bridgehead atoms. The Morgan fingerprint density at radius 1 is 1.21 bits per heavy atom. The fraction of sp³-hybridized carbons (Fsp3) is 0.333. The van der Waals surface area contributed by atoms with Crippen LogP contribution in [0.15, 0.2) is 59.8 Å². The second-order valence-corrected chi connectivity index (χ2v) is 10.6. The normalized spacial score (nSPS) is 18.0. The number of alkyl halides is 1. The van der Waals surface area contributed by atoms with E-state index in [0.717, 1.165) is 15.9 Å². The van der Waals surface area contributed by atoms with E-state index in [2.05, 4.69) is 31.2 Å². The molecule has 0 aliphatic heterocycles. The summed E-state index contributed by atoms with van der Waals surface area (Å²) in [5, 5.41) is 21.7. The third kappa shape index (κ3) is 6.35. The standard InChI is InChI=1S/C27H31FN6O3S/c1-15-9-16(25(35)29-4)5-7-19(15)34-21-11-24(33-17-6-8-20-22(10-17)38-14-32-20)30-12-18(21)26(36)31-13-23(28)27(2,3)37/h5-12,14-15,19,23,37H,13H2,1-4H3,(H,29,35)(H,31,36)(H2,30,33,34). The molecule has 0 saturated heterocycles. The summed E-state index contributed by atoms with van der Waals surface area (Å²) in [6, 6.07) is 7.27. The van der Waals surface area contributed by atoms with Crippen LogP contribution in [0.4, 0.5) is 21.6 Å². The van der Waals surface area contributed by atoms with E-state index in [1.165, 1.54) is 31.4 Å². The number of rotatable bonds is 9. The minimum Gasteiger partial charge on any atom is -0.387 e. The monoisotopic (exact) mass is 538 g/mol. The van der Waals surface area contributed by atoms with Crippen molar-refractivity contribution in [1.82, 2.24) is 20.6 Å². The van der Waals surface area contributed by atoms with Gasteiger partial charge in [-0.25, -0.2) is 14.4 Å². The summed E-state index contributed by atoms with van der Waals surface area (Å²) in [5.41, 5.74) is 3.18. The molecule has 2 heterocycles.